The molecule has 4 nitrogen and oxygen atoms in total. The Bertz CT molecular complexity index is 797. The first-order valence-corrected chi connectivity index (χ1v) is 9.26. The molecule has 2 aromatic rings. The number of aryl methyl sites for hydroxylation is 1. The summed E-state index contributed by atoms with van der Waals surface area (Å²) in [6, 6.07) is 8.69. The minimum atomic E-state index is -0.0433. The van der Waals surface area contributed by atoms with Crippen LogP contribution in [0, 0.1) is 12.8 Å². The first-order valence-electron chi connectivity index (χ1n) is 8.44. The number of fused-ring (bicyclic) bond motifs is 3. The summed E-state index contributed by atoms with van der Waals surface area (Å²) in [5.41, 5.74) is 4.10. The molecule has 5 heterocycles. The van der Waals surface area contributed by atoms with Crippen LogP contribution in [0.15, 0.2) is 29.3 Å². The molecule has 1 N–H and O–H groups in total. The monoisotopic (exact) mass is 363 g/mol. The van der Waals surface area contributed by atoms with E-state index < -0.39 is 0 Å². The van der Waals surface area contributed by atoms with Crippen LogP contribution in [0.25, 0.3) is 10.1 Å². The fourth-order valence-electron chi connectivity index (χ4n) is 4.41. The minimum absolute atomic E-state index is 0. The van der Waals surface area contributed by atoms with Crippen LogP contribution in [0.2, 0.25) is 0 Å². The molecule has 1 atom stereocenters. The first kappa shape index (κ1) is 16.3. The van der Waals surface area contributed by atoms with Crippen molar-refractivity contribution in [2.75, 3.05) is 19.6 Å². The molecule has 24 heavy (non-hydrogen) atoms. The second-order valence-corrected chi connectivity index (χ2v) is 8.42. The molecule has 1 aromatic carbocycles. The molecular weight excluding hydrogens is 342 g/mol. The lowest BCUT2D eigenvalue weighted by molar-refractivity contribution is -0.150. The Labute approximate surface area is 152 Å². The molecule has 1 aromatic heterocycles. The zero-order chi connectivity index (χ0) is 15.4. The summed E-state index contributed by atoms with van der Waals surface area (Å²) in [6.07, 6.45) is 3.43. The number of hydrogen-bond acceptors (Lipinski definition) is 4. The normalized spacial score (nSPS) is 33.1. The molecule has 0 saturated carbocycles. The van der Waals surface area contributed by atoms with Crippen molar-refractivity contribution >= 4 is 45.4 Å². The van der Waals surface area contributed by atoms with Crippen molar-refractivity contribution in [2.24, 2.45) is 10.9 Å². The lowest BCUT2D eigenvalue weighted by atomic mass is 9.74. The van der Waals surface area contributed by atoms with Crippen molar-refractivity contribution in [3.05, 3.63) is 29.1 Å². The lowest BCUT2D eigenvalue weighted by Gasteiger charge is -2.49. The Kier molecular flexibility index (Phi) is 4.07. The molecule has 4 saturated heterocycles. The van der Waals surface area contributed by atoms with Gasteiger partial charge in [0.25, 0.3) is 0 Å². The standard InChI is InChI=1S/C18H21N3OS.ClH/c1-12-8-13-9-15(2-3-16(13)23-12)19-17-10-18(22-20-17)11-21-6-4-14(18)5-7-21;/h2-3,8-9,14H,4-7,10-11H2,1H3,(H,19,20);1H/t18-;/m0./s1. The van der Waals surface area contributed by atoms with Gasteiger partial charge in [-0.05, 0) is 68.4 Å². The summed E-state index contributed by atoms with van der Waals surface area (Å²) in [5, 5.41) is 1.28. The van der Waals surface area contributed by atoms with Gasteiger partial charge in [-0.1, -0.05) is 0 Å². The maximum Gasteiger partial charge on any atom is 0.129 e. The maximum absolute atomic E-state index is 6.07. The average Bonchev–Trinajstić information content (AvgIpc) is 3.11. The third-order valence-electron chi connectivity index (χ3n) is 5.55. The van der Waals surface area contributed by atoms with Crippen LogP contribution in [-0.2, 0) is 4.84 Å². The number of hydrogen-bond donors (Lipinski definition) is 1. The number of nitrogens with one attached hydrogen (secondary N) is 1. The summed E-state index contributed by atoms with van der Waals surface area (Å²) in [5.74, 6) is 1.65. The Morgan fingerprint density at radius 1 is 1.29 bits per heavy atom. The Morgan fingerprint density at radius 2 is 2.12 bits per heavy atom. The Balaban J connectivity index is 0.00000146. The van der Waals surface area contributed by atoms with Crippen molar-refractivity contribution in [1.82, 2.24) is 10.4 Å². The number of piperidine rings is 3. The second kappa shape index (κ2) is 5.99. The van der Waals surface area contributed by atoms with E-state index in [0.29, 0.717) is 5.92 Å². The zero-order valence-electron chi connectivity index (χ0n) is 13.7. The number of hydroxylamine groups is 1. The van der Waals surface area contributed by atoms with Gasteiger partial charge in [-0.3, -0.25) is 10.3 Å². The van der Waals surface area contributed by atoms with E-state index >= 15 is 0 Å². The van der Waals surface area contributed by atoms with Gasteiger partial charge >= 0.3 is 0 Å². The van der Waals surface area contributed by atoms with Crippen LogP contribution in [0.3, 0.4) is 0 Å². The molecule has 6 heteroatoms. The zero-order valence-corrected chi connectivity index (χ0v) is 15.4. The smallest absolute Gasteiger partial charge is 0.129 e. The number of thiophene rings is 1. The highest BCUT2D eigenvalue weighted by molar-refractivity contribution is 7.19. The summed E-state index contributed by atoms with van der Waals surface area (Å²) in [4.78, 5) is 14.8. The van der Waals surface area contributed by atoms with Gasteiger partial charge in [0.2, 0.25) is 0 Å². The molecule has 2 bridgehead atoms. The topological polar surface area (TPSA) is 36.9 Å². The molecule has 6 rings (SSSR count). The van der Waals surface area contributed by atoms with Crippen LogP contribution in [-0.4, -0.2) is 36.0 Å². The molecule has 128 valence electrons. The van der Waals surface area contributed by atoms with E-state index in [1.54, 1.807) is 0 Å². The van der Waals surface area contributed by atoms with E-state index in [2.05, 4.69) is 41.6 Å². The number of amidine groups is 1. The third kappa shape index (κ3) is 2.64. The molecule has 0 radical (unpaired) electrons. The summed E-state index contributed by atoms with van der Waals surface area (Å²) in [6.45, 7) is 5.67. The molecule has 1 spiro atoms. The molecule has 0 unspecified atom stereocenters. The van der Waals surface area contributed by atoms with E-state index in [0.717, 1.165) is 24.5 Å². The minimum Gasteiger partial charge on any atom is -0.300 e. The van der Waals surface area contributed by atoms with Crippen LogP contribution in [0.5, 0.6) is 0 Å². The summed E-state index contributed by atoms with van der Waals surface area (Å²) < 4.78 is 1.33. The van der Waals surface area contributed by atoms with Gasteiger partial charge in [0, 0.05) is 22.5 Å². The highest BCUT2D eigenvalue weighted by Gasteiger charge is 2.52. The molecule has 0 aliphatic carbocycles. The molecule has 4 aliphatic heterocycles. The van der Waals surface area contributed by atoms with Crippen molar-refractivity contribution in [1.29, 1.82) is 0 Å². The summed E-state index contributed by atoms with van der Waals surface area (Å²) >= 11 is 1.83. The fourth-order valence-corrected chi connectivity index (χ4v) is 5.31. The third-order valence-corrected chi connectivity index (χ3v) is 6.58. The van der Waals surface area contributed by atoms with Gasteiger partial charge < -0.3 is 4.90 Å². The van der Waals surface area contributed by atoms with Crippen LogP contribution >= 0.6 is 23.7 Å². The predicted octanol–water partition coefficient (Wildman–Crippen LogP) is 4.05. The van der Waals surface area contributed by atoms with Gasteiger partial charge in [0.1, 0.15) is 11.4 Å². The number of benzene rings is 1. The SMILES string of the molecule is Cc1cc2cc(N=C3C[C@@]4(CN5CCC4CC5)ON3)ccc2s1.Cl. The van der Waals surface area contributed by atoms with Gasteiger partial charge in [-0.15, -0.1) is 23.7 Å². The van der Waals surface area contributed by atoms with E-state index in [9.17, 15) is 0 Å². The Morgan fingerprint density at radius 3 is 2.88 bits per heavy atom. The van der Waals surface area contributed by atoms with Gasteiger partial charge in [-0.25, -0.2) is 4.99 Å². The fraction of sp³-hybridized carbons (Fsp3) is 0.500. The second-order valence-electron chi connectivity index (χ2n) is 7.13. The summed E-state index contributed by atoms with van der Waals surface area (Å²) in [7, 11) is 0. The predicted molar refractivity (Wildman–Crippen MR) is 102 cm³/mol. The van der Waals surface area contributed by atoms with Crippen molar-refractivity contribution in [3.63, 3.8) is 0 Å². The average molecular weight is 364 g/mol. The highest BCUT2D eigenvalue weighted by Crippen LogP contribution is 2.42. The van der Waals surface area contributed by atoms with Crippen molar-refractivity contribution in [3.8, 4) is 0 Å². The van der Waals surface area contributed by atoms with Crippen LogP contribution < -0.4 is 5.48 Å². The number of nitrogens with zero attached hydrogens (tertiary/aromatic N) is 2. The number of aliphatic imine (C=N–C) groups is 1. The van der Waals surface area contributed by atoms with E-state index in [-0.39, 0.29) is 18.0 Å². The van der Waals surface area contributed by atoms with Gasteiger partial charge in [0.05, 0.1) is 5.69 Å². The van der Waals surface area contributed by atoms with E-state index in [1.165, 1.54) is 40.9 Å². The molecule has 4 aliphatic rings. The largest absolute Gasteiger partial charge is 0.300 e. The van der Waals surface area contributed by atoms with Gasteiger partial charge in [0.15, 0.2) is 0 Å². The Hall–Kier alpha value is -1.14. The quantitative estimate of drug-likeness (QED) is 0.830. The highest BCUT2D eigenvalue weighted by atomic mass is 35.5. The van der Waals surface area contributed by atoms with E-state index in [4.69, 9.17) is 9.83 Å². The molecule has 0 amide bonds. The number of rotatable bonds is 1. The van der Waals surface area contributed by atoms with Crippen LogP contribution in [0.4, 0.5) is 5.69 Å². The van der Waals surface area contributed by atoms with Crippen molar-refractivity contribution in [2.45, 2.75) is 31.8 Å². The lowest BCUT2D eigenvalue weighted by Crippen LogP contribution is -2.59. The molecular formula is C18H22ClN3OS. The van der Waals surface area contributed by atoms with E-state index in [1.807, 2.05) is 11.3 Å². The van der Waals surface area contributed by atoms with Crippen molar-refractivity contribution < 1.29 is 4.84 Å². The van der Waals surface area contributed by atoms with Crippen LogP contribution in [0.1, 0.15) is 24.1 Å². The molecule has 4 fully saturated rings. The number of halogens is 1. The van der Waals surface area contributed by atoms with Gasteiger partial charge in [-0.2, -0.15) is 0 Å². The maximum atomic E-state index is 6.07. The first-order chi connectivity index (χ1) is 11.2.